The van der Waals surface area contributed by atoms with Gasteiger partial charge in [-0.25, -0.2) is 0 Å². The van der Waals surface area contributed by atoms with Crippen molar-refractivity contribution in [2.45, 2.75) is 68.0 Å². The molecule has 2 bridgehead atoms. The van der Waals surface area contributed by atoms with E-state index >= 15 is 0 Å². The number of anilines is 1. The van der Waals surface area contributed by atoms with Gasteiger partial charge in [0.1, 0.15) is 6.04 Å². The van der Waals surface area contributed by atoms with Crippen LogP contribution in [0.15, 0.2) is 73.8 Å². The number of nitrogens with zero attached hydrogens (tertiary/aromatic N) is 3. The number of aryl methyl sites for hydroxylation is 1. The number of likely N-dealkylation sites (tertiary alicyclic amines) is 1. The summed E-state index contributed by atoms with van der Waals surface area (Å²) in [6, 6.07) is 14.6. The summed E-state index contributed by atoms with van der Waals surface area (Å²) in [6.45, 7) is 13.3. The molecule has 45 heavy (non-hydrogen) atoms. The molecule has 0 radical (unpaired) electrons. The van der Waals surface area contributed by atoms with E-state index in [1.165, 1.54) is 0 Å². The number of fused-ring (bicyclic) bond motifs is 1. The molecule has 7 nitrogen and oxygen atoms in total. The molecule has 240 valence electrons. The first-order valence-corrected chi connectivity index (χ1v) is 17.1. The fourth-order valence-corrected chi connectivity index (χ4v) is 10.5. The molecule has 3 heterocycles. The molecule has 2 aromatic rings. The molecule has 0 saturated carbocycles. The molecule has 0 aliphatic carbocycles. The molecule has 2 unspecified atom stereocenters. The Kier molecular flexibility index (Phi) is 10.2. The maximum atomic E-state index is 14.9. The van der Waals surface area contributed by atoms with Gasteiger partial charge in [-0.15, -0.1) is 24.9 Å². The Hall–Kier alpha value is -3.07. The van der Waals surface area contributed by atoms with E-state index in [-0.39, 0.29) is 30.9 Å². The number of hydrogen-bond acceptors (Lipinski definition) is 5. The van der Waals surface area contributed by atoms with E-state index in [4.69, 9.17) is 11.6 Å². The summed E-state index contributed by atoms with van der Waals surface area (Å²) in [5, 5.41) is 9.85. The summed E-state index contributed by atoms with van der Waals surface area (Å²) < 4.78 is -1.24. The van der Waals surface area contributed by atoms with E-state index in [1.807, 2.05) is 49.4 Å². The van der Waals surface area contributed by atoms with Gasteiger partial charge in [-0.2, -0.15) is 0 Å². The lowest BCUT2D eigenvalue weighted by Gasteiger charge is -2.38. The Bertz CT molecular complexity index is 1430. The third kappa shape index (κ3) is 5.97. The van der Waals surface area contributed by atoms with Crippen molar-refractivity contribution in [2.24, 2.45) is 11.8 Å². The molecule has 3 aliphatic rings. The van der Waals surface area contributed by atoms with Crippen LogP contribution in [0.5, 0.6) is 0 Å². The first-order valence-electron chi connectivity index (χ1n) is 15.9. The van der Waals surface area contributed by atoms with Crippen molar-refractivity contribution in [3.05, 3.63) is 90.0 Å². The van der Waals surface area contributed by atoms with Crippen LogP contribution in [-0.4, -0.2) is 74.4 Å². The predicted octanol–water partition coefficient (Wildman–Crippen LogP) is 6.03. The standard InChI is InChI=1S/C36H44ClN3O4S/c1-5-20-38(24-26-15-9-7-10-16-26)32(42)28-29-33(43)40(22-11-8-12-23-41)31(36(29)19-18-35(28,4)45-36)34(44)39(21-6-2)30-25(3)14-13-17-27(30)37/h5-7,9-10,13-17,28-29,31,41H,1-2,8,11-12,18-24H2,3-4H3/t28-,29+,31?,35+,36?/m1/s1. The van der Waals surface area contributed by atoms with Gasteiger partial charge in [0.2, 0.25) is 11.8 Å². The molecule has 9 heteroatoms. The summed E-state index contributed by atoms with van der Waals surface area (Å²) in [7, 11) is 0. The molecule has 3 fully saturated rings. The van der Waals surface area contributed by atoms with Crippen LogP contribution >= 0.6 is 23.4 Å². The predicted molar refractivity (Wildman–Crippen MR) is 182 cm³/mol. The minimum atomic E-state index is -0.758. The second-order valence-electron chi connectivity index (χ2n) is 12.7. The summed E-state index contributed by atoms with van der Waals surface area (Å²) >= 11 is 8.38. The number of carbonyl (C=O) groups is 3. The smallest absolute Gasteiger partial charge is 0.251 e. The number of halogens is 1. The first kappa shape index (κ1) is 33.3. The molecule has 2 aromatic carbocycles. The second-order valence-corrected chi connectivity index (χ2v) is 15.0. The number of amides is 3. The van der Waals surface area contributed by atoms with E-state index < -0.39 is 27.4 Å². The number of hydrogen-bond donors (Lipinski definition) is 1. The summed E-state index contributed by atoms with van der Waals surface area (Å²) in [5.41, 5.74) is 2.48. The Morgan fingerprint density at radius 1 is 1.04 bits per heavy atom. The van der Waals surface area contributed by atoms with Gasteiger partial charge in [0.05, 0.1) is 27.3 Å². The van der Waals surface area contributed by atoms with Crippen molar-refractivity contribution in [3.8, 4) is 0 Å². The maximum Gasteiger partial charge on any atom is 0.251 e. The highest BCUT2D eigenvalue weighted by atomic mass is 35.5. The molecular weight excluding hydrogens is 606 g/mol. The average Bonchev–Trinajstić information content (AvgIpc) is 3.59. The number of aliphatic hydroxyl groups is 1. The van der Waals surface area contributed by atoms with Gasteiger partial charge < -0.3 is 19.8 Å². The highest BCUT2D eigenvalue weighted by molar-refractivity contribution is 8.02. The number of aliphatic hydroxyl groups excluding tert-OH is 1. The van der Waals surface area contributed by atoms with E-state index in [2.05, 4.69) is 20.1 Å². The van der Waals surface area contributed by atoms with Crippen molar-refractivity contribution in [1.29, 1.82) is 0 Å². The van der Waals surface area contributed by atoms with Crippen LogP contribution in [0, 0.1) is 18.8 Å². The number of para-hydroxylation sites is 1. The first-order chi connectivity index (χ1) is 21.6. The van der Waals surface area contributed by atoms with Crippen LogP contribution in [0.3, 0.4) is 0 Å². The van der Waals surface area contributed by atoms with E-state index in [1.54, 1.807) is 44.7 Å². The third-order valence-corrected chi connectivity index (χ3v) is 12.0. The molecule has 3 aliphatic heterocycles. The van der Waals surface area contributed by atoms with E-state index in [9.17, 15) is 19.5 Å². The highest BCUT2D eigenvalue weighted by Crippen LogP contribution is 2.71. The van der Waals surface area contributed by atoms with Gasteiger partial charge in [0.15, 0.2) is 0 Å². The maximum absolute atomic E-state index is 14.9. The number of rotatable bonds is 14. The Balaban J connectivity index is 1.56. The minimum absolute atomic E-state index is 0.0631. The van der Waals surface area contributed by atoms with Crippen LogP contribution in [0.1, 0.15) is 50.2 Å². The second kappa shape index (κ2) is 13.7. The third-order valence-electron chi connectivity index (χ3n) is 9.75. The molecule has 3 amide bonds. The Labute approximate surface area is 276 Å². The molecule has 1 N–H and O–H groups in total. The fourth-order valence-electron chi connectivity index (χ4n) is 7.81. The average molecular weight is 650 g/mol. The lowest BCUT2D eigenvalue weighted by molar-refractivity contribution is -0.145. The van der Waals surface area contributed by atoms with Crippen molar-refractivity contribution < 1.29 is 19.5 Å². The zero-order valence-corrected chi connectivity index (χ0v) is 27.9. The van der Waals surface area contributed by atoms with Crippen LogP contribution < -0.4 is 4.90 Å². The van der Waals surface area contributed by atoms with Crippen LogP contribution in [-0.2, 0) is 20.9 Å². The summed E-state index contributed by atoms with van der Waals surface area (Å²) in [4.78, 5) is 49.4. The lowest BCUT2D eigenvalue weighted by Crippen LogP contribution is -2.55. The van der Waals surface area contributed by atoms with Gasteiger partial charge >= 0.3 is 0 Å². The van der Waals surface area contributed by atoms with Crippen LogP contribution in [0.25, 0.3) is 0 Å². The Morgan fingerprint density at radius 3 is 2.44 bits per heavy atom. The van der Waals surface area contributed by atoms with E-state index in [0.717, 1.165) is 24.0 Å². The van der Waals surface area contributed by atoms with Crippen molar-refractivity contribution in [3.63, 3.8) is 0 Å². The quantitative estimate of drug-likeness (QED) is 0.200. The number of thioether (sulfide) groups is 1. The topological polar surface area (TPSA) is 81.2 Å². The zero-order chi connectivity index (χ0) is 32.4. The van der Waals surface area contributed by atoms with Gasteiger partial charge in [-0.1, -0.05) is 66.2 Å². The monoisotopic (exact) mass is 649 g/mol. The number of benzene rings is 2. The van der Waals surface area contributed by atoms with Gasteiger partial charge in [0, 0.05) is 37.5 Å². The minimum Gasteiger partial charge on any atom is -0.396 e. The van der Waals surface area contributed by atoms with Gasteiger partial charge in [-0.05, 0) is 63.1 Å². The Morgan fingerprint density at radius 2 is 1.78 bits per heavy atom. The lowest BCUT2D eigenvalue weighted by atomic mass is 9.66. The highest BCUT2D eigenvalue weighted by Gasteiger charge is 2.77. The molecular formula is C36H44ClN3O4S. The molecule has 1 spiro atoms. The zero-order valence-electron chi connectivity index (χ0n) is 26.3. The van der Waals surface area contributed by atoms with E-state index in [0.29, 0.717) is 49.6 Å². The molecule has 3 saturated heterocycles. The molecule has 5 rings (SSSR count). The number of carbonyl (C=O) groups excluding carboxylic acids is 3. The molecule has 0 aromatic heterocycles. The fraction of sp³-hybridized carbons (Fsp3) is 0.472. The summed E-state index contributed by atoms with van der Waals surface area (Å²) in [5.74, 6) is -1.57. The van der Waals surface area contributed by atoms with Gasteiger partial charge in [0.25, 0.3) is 5.91 Å². The molecule has 5 atom stereocenters. The number of unbranched alkanes of at least 4 members (excludes halogenated alkanes) is 2. The summed E-state index contributed by atoms with van der Waals surface area (Å²) in [6.07, 6.45) is 6.83. The van der Waals surface area contributed by atoms with Crippen molar-refractivity contribution in [2.75, 3.05) is 31.1 Å². The van der Waals surface area contributed by atoms with Crippen LogP contribution in [0.4, 0.5) is 5.69 Å². The largest absolute Gasteiger partial charge is 0.396 e. The van der Waals surface area contributed by atoms with Crippen molar-refractivity contribution in [1.82, 2.24) is 9.80 Å². The normalized spacial score (nSPS) is 26.5. The van der Waals surface area contributed by atoms with Crippen molar-refractivity contribution >= 4 is 46.8 Å². The van der Waals surface area contributed by atoms with Gasteiger partial charge in [-0.3, -0.25) is 14.4 Å². The van der Waals surface area contributed by atoms with Crippen LogP contribution in [0.2, 0.25) is 5.02 Å². The SMILES string of the molecule is C=CCN(Cc1ccccc1)C(=O)[C@H]1[C@H]2C(=O)N(CCCCCO)C(C(=O)N(CC=C)c3c(C)cccc3Cl)C23CC[C@]1(C)S3.